The molecule has 4 aliphatic heterocycles. The van der Waals surface area contributed by atoms with Crippen molar-refractivity contribution in [2.45, 2.75) is 80.4 Å². The number of thiazole rings is 2. The van der Waals surface area contributed by atoms with Crippen LogP contribution >= 0.6 is 22.7 Å². The number of hydrogen-bond donors (Lipinski definition) is 3. The molecule has 3 amide bonds. The second-order valence-electron chi connectivity index (χ2n) is 16.2. The highest BCUT2D eigenvalue weighted by atomic mass is 32.2. The van der Waals surface area contributed by atoms with Crippen LogP contribution in [-0.2, 0) is 44.4 Å². The number of piperazine rings is 1. The molecule has 4 fully saturated rings. The van der Waals surface area contributed by atoms with Crippen LogP contribution < -0.4 is 24.6 Å². The molecular weight excluding hydrogens is 965 g/mol. The second-order valence-corrected chi connectivity index (χ2v) is 23.5. The van der Waals surface area contributed by atoms with Gasteiger partial charge in [0.25, 0.3) is 20.0 Å². The van der Waals surface area contributed by atoms with Gasteiger partial charge in [-0.3, -0.25) is 28.8 Å². The number of anilines is 4. The Morgan fingerprint density at radius 2 is 1.13 bits per heavy atom. The SMILES string of the molecule is CCCCS(=O)(=O)N1CCN([C@H]2CCN(c3ccc(S(=O)(=O)Nc4nccs4)cc3)C2=O)CC1.CCNC(=O)OC1CCN([C@H]2CCN(c3ccc(S(=O)(=O)Nc4nccs4)cc3)C2=O)CC1.[HH].[HH].[HH].[HH]. The third-order valence-corrected chi connectivity index (χ3v) is 18.3. The quantitative estimate of drug-likeness (QED) is 0.133. The molecule has 0 unspecified atom stereocenters. The lowest BCUT2D eigenvalue weighted by molar-refractivity contribution is -0.123. The second kappa shape index (κ2) is 22.1. The maximum atomic E-state index is 13.1. The summed E-state index contributed by atoms with van der Waals surface area (Å²) in [5.74, 6) is 0.137. The Morgan fingerprint density at radius 3 is 1.55 bits per heavy atom. The molecule has 8 rings (SSSR count). The van der Waals surface area contributed by atoms with Crippen molar-refractivity contribution >= 4 is 92.3 Å². The molecule has 372 valence electrons. The Kier molecular flexibility index (Phi) is 16.5. The number of carbonyl (C=O) groups is 3. The summed E-state index contributed by atoms with van der Waals surface area (Å²) < 4.78 is 86.8. The van der Waals surface area contributed by atoms with E-state index in [0.717, 1.165) is 6.42 Å². The predicted octanol–water partition coefficient (Wildman–Crippen LogP) is 5.04. The predicted molar refractivity (Wildman–Crippen MR) is 265 cm³/mol. The molecule has 4 saturated heterocycles. The topological polar surface area (TPSA) is 241 Å². The molecule has 2 aromatic heterocycles. The number of rotatable bonds is 16. The average molecular weight is 1030 g/mol. The first kappa shape index (κ1) is 50.1. The Morgan fingerprint density at radius 1 is 0.672 bits per heavy atom. The number of benzene rings is 2. The van der Waals surface area contributed by atoms with Crippen molar-refractivity contribution in [2.24, 2.45) is 0 Å². The smallest absolute Gasteiger partial charge is 0.407 e. The number of nitrogens with one attached hydrogen (secondary N) is 3. The van der Waals surface area contributed by atoms with E-state index in [4.69, 9.17) is 4.74 Å². The molecule has 2 aromatic carbocycles. The van der Waals surface area contributed by atoms with Crippen molar-refractivity contribution < 1.29 is 50.1 Å². The fraction of sp³-hybridized carbons (Fsp3) is 0.500. The van der Waals surface area contributed by atoms with Gasteiger partial charge in [-0.1, -0.05) is 13.3 Å². The molecule has 4 aromatic rings. The van der Waals surface area contributed by atoms with Crippen LogP contribution in [0.5, 0.6) is 0 Å². The summed E-state index contributed by atoms with van der Waals surface area (Å²) in [6.07, 6.45) is 6.74. The molecule has 0 spiro atoms. The number of unbranched alkanes of at least 4 members (excludes halogenated alkanes) is 1. The molecule has 0 saturated carbocycles. The van der Waals surface area contributed by atoms with Crippen LogP contribution in [0.25, 0.3) is 0 Å². The first-order valence-electron chi connectivity index (χ1n) is 22.2. The van der Waals surface area contributed by atoms with Crippen LogP contribution in [-0.4, -0.2) is 150 Å². The highest BCUT2D eigenvalue weighted by Gasteiger charge is 2.40. The molecule has 25 heteroatoms. The summed E-state index contributed by atoms with van der Waals surface area (Å²) in [4.78, 5) is 53.5. The number of likely N-dealkylation sites (tertiary alicyclic amines) is 1. The minimum Gasteiger partial charge on any atom is -0.446 e. The Balaban J connectivity index is 0.000000355. The van der Waals surface area contributed by atoms with E-state index in [2.05, 4.69) is 34.5 Å². The normalized spacial score (nSPS) is 20.4. The molecule has 3 N–H and O–H groups in total. The minimum atomic E-state index is -3.76. The van der Waals surface area contributed by atoms with E-state index in [1.54, 1.807) is 44.8 Å². The number of alkyl carbamates (subject to hydrolysis) is 1. The van der Waals surface area contributed by atoms with E-state index in [-0.39, 0.29) is 51.3 Å². The number of ether oxygens (including phenoxy) is 1. The molecule has 20 nitrogen and oxygen atoms in total. The first-order chi connectivity index (χ1) is 32.1. The van der Waals surface area contributed by atoms with Gasteiger partial charge in [-0.05, 0) is 87.6 Å². The lowest BCUT2D eigenvalue weighted by Crippen LogP contribution is -2.54. The van der Waals surface area contributed by atoms with E-state index in [9.17, 15) is 39.6 Å². The molecule has 4 aliphatic rings. The van der Waals surface area contributed by atoms with Gasteiger partial charge in [0.1, 0.15) is 6.10 Å². The number of amides is 3. The Hall–Kier alpha value is -4.76. The zero-order valence-corrected chi connectivity index (χ0v) is 41.3. The van der Waals surface area contributed by atoms with Crippen molar-refractivity contribution in [2.75, 3.05) is 83.9 Å². The fourth-order valence-corrected chi connectivity index (χ4v) is 13.6. The molecule has 0 radical (unpaired) electrons. The van der Waals surface area contributed by atoms with E-state index >= 15 is 0 Å². The van der Waals surface area contributed by atoms with Crippen molar-refractivity contribution in [3.63, 3.8) is 0 Å². The zero-order chi connectivity index (χ0) is 47.8. The highest BCUT2D eigenvalue weighted by Crippen LogP contribution is 2.30. The van der Waals surface area contributed by atoms with Crippen molar-refractivity contribution in [3.05, 3.63) is 71.7 Å². The van der Waals surface area contributed by atoms with Gasteiger partial charge < -0.3 is 19.9 Å². The summed E-state index contributed by atoms with van der Waals surface area (Å²) in [5.41, 5.74) is 1.31. The van der Waals surface area contributed by atoms with Gasteiger partial charge in [-0.2, -0.15) is 4.31 Å². The van der Waals surface area contributed by atoms with Crippen molar-refractivity contribution in [1.82, 2.24) is 29.4 Å². The Bertz CT molecular complexity index is 2650. The number of nitrogens with zero attached hydrogens (tertiary/aromatic N) is 7. The van der Waals surface area contributed by atoms with E-state index in [1.165, 1.54) is 63.6 Å². The molecular formula is C42H64N10O10S5. The zero-order valence-electron chi connectivity index (χ0n) is 37.2. The van der Waals surface area contributed by atoms with Gasteiger partial charge in [0.15, 0.2) is 10.3 Å². The highest BCUT2D eigenvalue weighted by molar-refractivity contribution is 7.93. The Labute approximate surface area is 405 Å². The number of hydrogen-bond acceptors (Lipinski definition) is 16. The molecule has 6 heterocycles. The summed E-state index contributed by atoms with van der Waals surface area (Å²) in [5, 5.41) is 6.60. The van der Waals surface area contributed by atoms with Crippen LogP contribution in [0.1, 0.15) is 58.1 Å². The van der Waals surface area contributed by atoms with Gasteiger partial charge in [-0.15, -0.1) is 22.7 Å². The average Bonchev–Trinajstić information content (AvgIpc) is 4.16. The summed E-state index contributed by atoms with van der Waals surface area (Å²) in [6.45, 7) is 8.66. The standard InChI is InChI=1S/C21H29N5O5S3.C21H27N5O5S2.4H2/c1-2-3-16-33(28,29)25-13-11-24(12-14-25)19-8-10-26(20(19)27)17-4-6-18(7-5-17)34(30,31)23-21-22-9-15-32-21;1-2-22-21(28)31-16-7-11-25(12-8-16)18-9-13-26(19(18)27)15-3-5-17(6-4-15)33(29,30)24-20-23-10-14-32-20;;;;/h4-7,9,15,19H,2-3,8,10-14,16H2,1H3,(H,22,23);3-6,10,14,16,18H,2,7-9,11-13H2,1H3,(H,22,28)(H,23,24);4*1H/t19-;18-;;;;/m00..../s1. The third kappa shape index (κ3) is 12.5. The number of aromatic nitrogens is 2. The van der Waals surface area contributed by atoms with E-state index < -0.39 is 36.2 Å². The molecule has 67 heavy (non-hydrogen) atoms. The van der Waals surface area contributed by atoms with Crippen LogP contribution in [0, 0.1) is 0 Å². The maximum absolute atomic E-state index is 13.1. The van der Waals surface area contributed by atoms with Gasteiger partial charge in [0.2, 0.25) is 21.8 Å². The van der Waals surface area contributed by atoms with Crippen molar-refractivity contribution in [3.8, 4) is 0 Å². The third-order valence-electron chi connectivity index (χ3n) is 12.0. The van der Waals surface area contributed by atoms with E-state index in [1.807, 2.05) is 13.8 Å². The van der Waals surface area contributed by atoms with Gasteiger partial charge >= 0.3 is 6.09 Å². The van der Waals surface area contributed by atoms with Crippen molar-refractivity contribution in [1.29, 1.82) is 0 Å². The maximum Gasteiger partial charge on any atom is 0.407 e. The van der Waals surface area contributed by atoms with E-state index in [0.29, 0.717) is 113 Å². The lowest BCUT2D eigenvalue weighted by Gasteiger charge is -2.36. The molecule has 0 aliphatic carbocycles. The summed E-state index contributed by atoms with van der Waals surface area (Å²) in [6, 6.07) is 12.0. The first-order valence-corrected chi connectivity index (χ1v) is 28.5. The van der Waals surface area contributed by atoms with Crippen LogP contribution in [0.15, 0.2) is 81.5 Å². The molecule has 2 atom stereocenters. The minimum absolute atomic E-state index is 0. The number of sulfonamides is 3. The summed E-state index contributed by atoms with van der Waals surface area (Å²) in [7, 11) is -10.7. The number of piperidine rings is 1. The largest absolute Gasteiger partial charge is 0.446 e. The number of carbonyl (C=O) groups excluding carboxylic acids is 3. The van der Waals surface area contributed by atoms with Gasteiger partial charge in [-0.25, -0.2) is 40.0 Å². The van der Waals surface area contributed by atoms with Crippen LogP contribution in [0.3, 0.4) is 0 Å². The van der Waals surface area contributed by atoms with Gasteiger partial charge in [0, 0.05) is 99.1 Å². The monoisotopic (exact) mass is 1030 g/mol. The van der Waals surface area contributed by atoms with Crippen LogP contribution in [0.4, 0.5) is 26.4 Å². The summed E-state index contributed by atoms with van der Waals surface area (Å²) >= 11 is 2.39. The molecule has 0 bridgehead atoms. The van der Waals surface area contributed by atoms with Crippen LogP contribution in [0.2, 0.25) is 0 Å². The van der Waals surface area contributed by atoms with Gasteiger partial charge in [0.05, 0.1) is 27.6 Å². The fourth-order valence-electron chi connectivity index (χ4n) is 8.42. The lowest BCUT2D eigenvalue weighted by atomic mass is 10.0.